The number of aliphatic hydroxyl groups is 12. The number of aryl methyl sites for hydroxylation is 1. The number of benzene rings is 1. The molecule has 102 heavy (non-hydrogen) atoms. The van der Waals surface area contributed by atoms with Gasteiger partial charge in [0.05, 0.1) is 55.1 Å². The lowest BCUT2D eigenvalue weighted by Crippen LogP contribution is -2.69. The van der Waals surface area contributed by atoms with E-state index in [-0.39, 0.29) is 49.9 Å². The first-order valence-electron chi connectivity index (χ1n) is 35.9. The third kappa shape index (κ3) is 14.6. The second-order valence-electron chi connectivity index (χ2n) is 32.5. The Balaban J connectivity index is 0.864. The summed E-state index contributed by atoms with van der Waals surface area (Å²) < 4.78 is 73.7. The highest BCUT2D eigenvalue weighted by atomic mass is 16.8. The zero-order chi connectivity index (χ0) is 74.2. The topological polar surface area (TPSA) is 439 Å². The quantitative estimate of drug-likeness (QED) is 0.0222. The standard InChI is InChI=1S/C73H106O29/c1-32-11-13-36(14-12-32)15-18-48(80)99-59-34(3)93-67(63(61(59)94-35(4)77)95-42-23-33(2)50(81)55(86)52(42)83)102-64(90)38-25-69(5,6)24-37-39-16-17-46-70(7)21-20-47(71(8,30-75)45(70)19-22-72(46,9)73(39,10)26-40(78)49(37)38)98-68-62(101-66-58(89)56(87)53(84)43(27-74)96-66)60(54(85)44(97-68)29-91-31-76)100-65-57(88)51(82)41(79)28-92-65/h11-18,30-31,33-34,37-47,49-63,65-68,74,78-79,81-89H,19-29H2,1-10H3/b18-15+/t33?,34?,37-,38+,39?,40+,41?,42?,43?,44?,45+,46+,47-,49?,50?,51?,52?,53?,54?,55?,56?,57?,58?,59?,60?,61?,62?,63?,65?,66?,67?,68?,70-,71-,72+,73+/m0/s1. The first-order chi connectivity index (χ1) is 48.0. The Morgan fingerprint density at radius 3 is 1.96 bits per heavy atom. The summed E-state index contributed by atoms with van der Waals surface area (Å²) in [6.07, 6.45) is -29.2. The van der Waals surface area contributed by atoms with E-state index >= 15 is 4.79 Å². The molecule has 4 saturated heterocycles. The number of esters is 3. The maximum atomic E-state index is 15.5. The number of hydrogen-bond donors (Lipinski definition) is 12. The van der Waals surface area contributed by atoms with Gasteiger partial charge in [0.2, 0.25) is 6.29 Å². The average Bonchev–Trinajstić information content (AvgIpc) is 0.676. The van der Waals surface area contributed by atoms with Crippen LogP contribution in [0.1, 0.15) is 125 Å². The van der Waals surface area contributed by atoms with E-state index in [9.17, 15) is 80.5 Å². The molecule has 0 aromatic heterocycles. The molecule has 9 fully saturated rings. The highest BCUT2D eigenvalue weighted by molar-refractivity contribution is 5.87. The van der Waals surface area contributed by atoms with Gasteiger partial charge in [-0.3, -0.25) is 14.4 Å². The van der Waals surface area contributed by atoms with Crippen LogP contribution in [0, 0.1) is 75.4 Å². The van der Waals surface area contributed by atoms with Gasteiger partial charge in [0.15, 0.2) is 37.2 Å². The minimum atomic E-state index is -2.01. The molecule has 0 bridgehead atoms. The Labute approximate surface area is 592 Å². The summed E-state index contributed by atoms with van der Waals surface area (Å²) >= 11 is 0. The Morgan fingerprint density at radius 1 is 0.618 bits per heavy atom. The second-order valence-corrected chi connectivity index (χ2v) is 32.5. The van der Waals surface area contributed by atoms with Crippen molar-refractivity contribution in [3.8, 4) is 0 Å². The molecule has 6 aliphatic carbocycles. The van der Waals surface area contributed by atoms with E-state index < -0.39 is 242 Å². The first-order valence-corrected chi connectivity index (χ1v) is 35.9. The summed E-state index contributed by atoms with van der Waals surface area (Å²) in [5.74, 6) is -5.73. The molecule has 11 rings (SSSR count). The van der Waals surface area contributed by atoms with Gasteiger partial charge in [0.25, 0.3) is 6.47 Å². The summed E-state index contributed by atoms with van der Waals surface area (Å²) in [5, 5.41) is 133. The van der Waals surface area contributed by atoms with Gasteiger partial charge in [0.1, 0.15) is 92.2 Å². The van der Waals surface area contributed by atoms with Crippen LogP contribution in [-0.2, 0) is 80.8 Å². The van der Waals surface area contributed by atoms with Crippen molar-refractivity contribution >= 4 is 36.7 Å². The first kappa shape index (κ1) is 78.5. The summed E-state index contributed by atoms with van der Waals surface area (Å²) in [7, 11) is 0. The molecule has 29 nitrogen and oxygen atoms in total. The smallest absolute Gasteiger partial charge is 0.331 e. The maximum Gasteiger partial charge on any atom is 0.331 e. The van der Waals surface area contributed by atoms with Gasteiger partial charge >= 0.3 is 17.9 Å². The number of fused-ring (bicyclic) bond motifs is 7. The van der Waals surface area contributed by atoms with E-state index in [1.54, 1.807) is 26.8 Å². The molecule has 36 atom stereocenters. The fourth-order valence-corrected chi connectivity index (χ4v) is 19.9. The van der Waals surface area contributed by atoms with Gasteiger partial charge in [-0.2, -0.15) is 0 Å². The van der Waals surface area contributed by atoms with Crippen LogP contribution in [0.25, 0.3) is 6.08 Å². The number of aliphatic hydroxyl groups excluding tert-OH is 12. The van der Waals surface area contributed by atoms with E-state index in [4.69, 9.17) is 56.8 Å². The van der Waals surface area contributed by atoms with Gasteiger partial charge in [-0.1, -0.05) is 90.4 Å². The van der Waals surface area contributed by atoms with Crippen molar-refractivity contribution in [2.75, 3.05) is 19.8 Å². The molecule has 29 heteroatoms. The average molecular weight is 1450 g/mol. The van der Waals surface area contributed by atoms with E-state index in [1.807, 2.05) is 31.2 Å². The van der Waals surface area contributed by atoms with E-state index in [0.29, 0.717) is 31.2 Å². The lowest BCUT2D eigenvalue weighted by molar-refractivity contribution is -0.395. The lowest BCUT2D eigenvalue weighted by atomic mass is 9.33. The van der Waals surface area contributed by atoms with Gasteiger partial charge in [0, 0.05) is 18.9 Å². The van der Waals surface area contributed by atoms with Crippen LogP contribution in [0.2, 0.25) is 0 Å². The molecule has 4 aliphatic heterocycles. The number of carbonyl (C=O) groups is 5. The van der Waals surface area contributed by atoms with E-state index in [0.717, 1.165) is 18.8 Å². The molecule has 1 aromatic carbocycles. The van der Waals surface area contributed by atoms with Crippen molar-refractivity contribution in [3.05, 3.63) is 53.6 Å². The highest BCUT2D eigenvalue weighted by Gasteiger charge is 2.71. The molecule has 0 amide bonds. The highest BCUT2D eigenvalue weighted by Crippen LogP contribution is 2.75. The molecule has 1 aromatic rings. The Morgan fingerprint density at radius 2 is 1.28 bits per heavy atom. The third-order valence-electron chi connectivity index (χ3n) is 25.4. The predicted octanol–water partition coefficient (Wildman–Crippen LogP) is 0.333. The monoisotopic (exact) mass is 1450 g/mol. The van der Waals surface area contributed by atoms with Crippen LogP contribution in [0.3, 0.4) is 0 Å². The number of aldehydes is 1. The molecule has 5 saturated carbocycles. The van der Waals surface area contributed by atoms with Crippen molar-refractivity contribution in [2.24, 2.45) is 68.5 Å². The van der Waals surface area contributed by atoms with Gasteiger partial charge in [-0.25, -0.2) is 4.79 Å². The minimum Gasteiger partial charge on any atom is -0.465 e. The number of allylic oxidation sites excluding steroid dienone is 2. The predicted molar refractivity (Wildman–Crippen MR) is 350 cm³/mol. The Kier molecular flexibility index (Phi) is 23.6. The number of rotatable bonds is 19. The fourth-order valence-electron chi connectivity index (χ4n) is 19.9. The molecular weight excluding hydrogens is 1340 g/mol. The molecule has 4 heterocycles. The van der Waals surface area contributed by atoms with Crippen molar-refractivity contribution in [1.82, 2.24) is 0 Å². The molecule has 0 radical (unpaired) electrons. The maximum absolute atomic E-state index is 15.5. The van der Waals surface area contributed by atoms with Crippen LogP contribution in [0.15, 0.2) is 42.5 Å². The summed E-state index contributed by atoms with van der Waals surface area (Å²) in [6, 6.07) is 7.38. The van der Waals surface area contributed by atoms with Crippen molar-refractivity contribution in [2.45, 2.75) is 274 Å². The van der Waals surface area contributed by atoms with Crippen molar-refractivity contribution in [1.29, 1.82) is 0 Å². The summed E-state index contributed by atoms with van der Waals surface area (Å²) in [4.78, 5) is 68.2. The Hall–Kier alpha value is -4.55. The van der Waals surface area contributed by atoms with Crippen LogP contribution in [0.5, 0.6) is 0 Å². The van der Waals surface area contributed by atoms with Gasteiger partial charge in [-0.05, 0) is 128 Å². The van der Waals surface area contributed by atoms with E-state index in [2.05, 4.69) is 46.8 Å². The lowest BCUT2D eigenvalue weighted by Gasteiger charge is -2.71. The van der Waals surface area contributed by atoms with Crippen molar-refractivity contribution < 1.29 is 142 Å². The summed E-state index contributed by atoms with van der Waals surface area (Å²) in [6.45, 7) is 16.9. The third-order valence-corrected chi connectivity index (χ3v) is 25.4. The van der Waals surface area contributed by atoms with Crippen LogP contribution >= 0.6 is 0 Å². The largest absolute Gasteiger partial charge is 0.465 e. The molecule has 12 N–H and O–H groups in total. The van der Waals surface area contributed by atoms with E-state index in [1.165, 1.54) is 6.08 Å². The molecule has 10 aliphatic rings. The van der Waals surface area contributed by atoms with Gasteiger partial charge < -0.3 is 123 Å². The molecular formula is C73H106O29. The van der Waals surface area contributed by atoms with Crippen LogP contribution < -0.4 is 0 Å². The zero-order valence-electron chi connectivity index (χ0n) is 59.3. The number of ether oxygens (including phenoxy) is 12. The zero-order valence-corrected chi connectivity index (χ0v) is 59.3. The second kappa shape index (κ2) is 30.6. The normalized spacial score (nSPS) is 49.2. The van der Waals surface area contributed by atoms with Gasteiger partial charge in [-0.15, -0.1) is 0 Å². The molecule has 572 valence electrons. The SMILES string of the molecule is CC(=O)OC1C(OC(=O)/C=C/c2ccc(C)cc2)C(C)OC(OC(=O)[C@@H]2CC(C)(C)C[C@@H]3C2[C@H](O)C[C@]2(C)C3C=C[C@@H]3[C@@]4(C)CC[C@H](OC5OC(COC=O)C(O)C(OC6OCC(O)C(O)C6O)C5OC5OC(CO)C(O)C(O)C5O)[C@@](C)(C=O)[C@@H]4CC[C@]32C)C1OC1CC(C)C(O)C(O)C1O. The van der Waals surface area contributed by atoms with Crippen molar-refractivity contribution in [3.63, 3.8) is 0 Å². The van der Waals surface area contributed by atoms with Crippen LogP contribution in [0.4, 0.5) is 0 Å². The number of hydrogen-bond acceptors (Lipinski definition) is 29. The van der Waals surface area contributed by atoms with Crippen LogP contribution in [-0.4, -0.2) is 265 Å². The minimum absolute atomic E-state index is 0.00251. The fraction of sp³-hybridized carbons (Fsp3) is 0.795. The summed E-state index contributed by atoms with van der Waals surface area (Å²) in [5.41, 5.74) is -1.98. The number of carbonyl (C=O) groups excluding carboxylic acids is 5. The Bertz CT molecular complexity index is 3170. The molecule has 0 spiro atoms. The molecule has 26 unspecified atom stereocenters.